The molecule has 4 nitrogen and oxygen atoms in total. The lowest BCUT2D eigenvalue weighted by Gasteiger charge is -1.93. The maximum atomic E-state index is 10.8. The Morgan fingerprint density at radius 3 is 2.09 bits per heavy atom. The average molecular weight is 288 g/mol. The Labute approximate surface area is 128 Å². The standard InChI is InChI=1S/C18H12N2O2/c19-17-13-7-5-10-15(17)9-3-1-2-4-11-16-12-6-8-14-18(16)20(21)22/h1-2,5-8,10,12-14H,19H2/b2-1-. The lowest BCUT2D eigenvalue weighted by molar-refractivity contribution is -0.385. The van der Waals surface area contributed by atoms with Crippen molar-refractivity contribution in [1.29, 1.82) is 0 Å². The summed E-state index contributed by atoms with van der Waals surface area (Å²) in [5.41, 5.74) is 7.50. The molecule has 4 heteroatoms. The molecule has 0 saturated carbocycles. The van der Waals surface area contributed by atoms with Crippen LogP contribution in [0.25, 0.3) is 0 Å². The van der Waals surface area contributed by atoms with Crippen molar-refractivity contribution in [3.8, 4) is 23.7 Å². The first-order valence-electron chi connectivity index (χ1n) is 6.44. The van der Waals surface area contributed by atoms with Crippen molar-refractivity contribution in [2.75, 3.05) is 5.73 Å². The molecule has 0 unspecified atom stereocenters. The van der Waals surface area contributed by atoms with Gasteiger partial charge in [-0.2, -0.15) is 0 Å². The maximum Gasteiger partial charge on any atom is 0.284 e. The van der Waals surface area contributed by atoms with E-state index in [1.54, 1.807) is 36.4 Å². The monoisotopic (exact) mass is 288 g/mol. The molecule has 0 amide bonds. The van der Waals surface area contributed by atoms with Gasteiger partial charge in [0, 0.05) is 17.3 Å². The molecule has 0 atom stereocenters. The highest BCUT2D eigenvalue weighted by Crippen LogP contribution is 2.15. The van der Waals surface area contributed by atoms with E-state index >= 15 is 0 Å². The van der Waals surface area contributed by atoms with E-state index in [4.69, 9.17) is 5.73 Å². The van der Waals surface area contributed by atoms with Crippen LogP contribution in [0.5, 0.6) is 0 Å². The summed E-state index contributed by atoms with van der Waals surface area (Å²) in [6, 6.07) is 13.7. The number of hydrogen-bond donors (Lipinski definition) is 1. The van der Waals surface area contributed by atoms with Gasteiger partial charge in [-0.15, -0.1) is 0 Å². The SMILES string of the molecule is Nc1ccccc1C#C/C=C\C#Cc1ccccc1[N+](=O)[O-]. The third-order valence-electron chi connectivity index (χ3n) is 2.73. The summed E-state index contributed by atoms with van der Waals surface area (Å²) in [5.74, 6) is 11.2. The number of nitro benzene ring substituents is 1. The number of rotatable bonds is 1. The molecule has 2 aromatic carbocycles. The number of anilines is 1. The van der Waals surface area contributed by atoms with Crippen LogP contribution in [0, 0.1) is 33.8 Å². The Morgan fingerprint density at radius 2 is 1.45 bits per heavy atom. The number of hydrogen-bond acceptors (Lipinski definition) is 3. The Balaban J connectivity index is 2.10. The summed E-state index contributed by atoms with van der Waals surface area (Å²) >= 11 is 0. The number of allylic oxidation sites excluding steroid dienone is 2. The first-order valence-corrected chi connectivity index (χ1v) is 6.44. The first-order chi connectivity index (χ1) is 10.7. The topological polar surface area (TPSA) is 69.2 Å². The molecule has 2 aromatic rings. The summed E-state index contributed by atoms with van der Waals surface area (Å²) < 4.78 is 0. The smallest absolute Gasteiger partial charge is 0.284 e. The van der Waals surface area contributed by atoms with E-state index in [9.17, 15) is 10.1 Å². The zero-order valence-corrected chi connectivity index (χ0v) is 11.6. The van der Waals surface area contributed by atoms with E-state index in [0.717, 1.165) is 5.56 Å². The second kappa shape index (κ2) is 7.33. The van der Waals surface area contributed by atoms with Gasteiger partial charge >= 0.3 is 0 Å². The molecule has 22 heavy (non-hydrogen) atoms. The van der Waals surface area contributed by atoms with Gasteiger partial charge in [-0.3, -0.25) is 10.1 Å². The molecule has 0 radical (unpaired) electrons. The second-order valence-corrected chi connectivity index (χ2v) is 4.23. The zero-order chi connectivity index (χ0) is 15.8. The number of nitrogen functional groups attached to an aromatic ring is 1. The molecular formula is C18H12N2O2. The van der Waals surface area contributed by atoms with Crippen molar-refractivity contribution >= 4 is 11.4 Å². The van der Waals surface area contributed by atoms with Gasteiger partial charge in [-0.05, 0) is 30.4 Å². The van der Waals surface area contributed by atoms with Gasteiger partial charge in [-0.25, -0.2) is 0 Å². The molecule has 0 aromatic heterocycles. The van der Waals surface area contributed by atoms with Crippen molar-refractivity contribution in [2.45, 2.75) is 0 Å². The molecule has 0 aliphatic heterocycles. The van der Waals surface area contributed by atoms with Crippen LogP contribution in [-0.2, 0) is 0 Å². The molecule has 0 heterocycles. The summed E-state index contributed by atoms with van der Waals surface area (Å²) in [4.78, 5) is 10.4. The van der Waals surface area contributed by atoms with E-state index in [1.807, 2.05) is 18.2 Å². The van der Waals surface area contributed by atoms with Gasteiger partial charge < -0.3 is 5.73 Å². The van der Waals surface area contributed by atoms with E-state index in [2.05, 4.69) is 23.7 Å². The van der Waals surface area contributed by atoms with Gasteiger partial charge in [0.15, 0.2) is 0 Å². The van der Waals surface area contributed by atoms with Gasteiger partial charge in [0.1, 0.15) is 5.56 Å². The van der Waals surface area contributed by atoms with Gasteiger partial charge in [-0.1, -0.05) is 47.9 Å². The van der Waals surface area contributed by atoms with Crippen LogP contribution < -0.4 is 5.73 Å². The molecule has 0 spiro atoms. The Bertz CT molecular complexity index is 846. The quantitative estimate of drug-likeness (QED) is 0.379. The summed E-state index contributed by atoms with van der Waals surface area (Å²) in [6.07, 6.45) is 3.12. The Hall–Kier alpha value is -3.50. The maximum absolute atomic E-state index is 10.8. The third kappa shape index (κ3) is 4.00. The van der Waals surface area contributed by atoms with E-state index in [-0.39, 0.29) is 5.69 Å². The van der Waals surface area contributed by atoms with Crippen molar-refractivity contribution in [3.63, 3.8) is 0 Å². The number of benzene rings is 2. The molecule has 2 N–H and O–H groups in total. The van der Waals surface area contributed by atoms with Crippen molar-refractivity contribution in [2.24, 2.45) is 0 Å². The Morgan fingerprint density at radius 1 is 0.909 bits per heavy atom. The van der Waals surface area contributed by atoms with Gasteiger partial charge in [0.25, 0.3) is 5.69 Å². The number of para-hydroxylation sites is 2. The van der Waals surface area contributed by atoms with Crippen LogP contribution >= 0.6 is 0 Å². The van der Waals surface area contributed by atoms with E-state index in [0.29, 0.717) is 11.3 Å². The van der Waals surface area contributed by atoms with Crippen molar-refractivity contribution in [3.05, 3.63) is 81.9 Å². The van der Waals surface area contributed by atoms with Crippen LogP contribution in [-0.4, -0.2) is 4.92 Å². The predicted molar refractivity (Wildman–Crippen MR) is 86.8 cm³/mol. The highest BCUT2D eigenvalue weighted by atomic mass is 16.6. The van der Waals surface area contributed by atoms with Crippen LogP contribution in [0.1, 0.15) is 11.1 Å². The van der Waals surface area contributed by atoms with Crippen LogP contribution in [0.3, 0.4) is 0 Å². The van der Waals surface area contributed by atoms with E-state index in [1.165, 1.54) is 6.07 Å². The largest absolute Gasteiger partial charge is 0.398 e. The molecule has 0 saturated heterocycles. The third-order valence-corrected chi connectivity index (χ3v) is 2.73. The lowest BCUT2D eigenvalue weighted by atomic mass is 10.2. The minimum Gasteiger partial charge on any atom is -0.398 e. The number of nitro groups is 1. The van der Waals surface area contributed by atoms with Crippen molar-refractivity contribution < 1.29 is 4.92 Å². The van der Waals surface area contributed by atoms with Crippen LogP contribution in [0.2, 0.25) is 0 Å². The molecule has 0 aliphatic rings. The molecule has 0 aliphatic carbocycles. The fourth-order valence-electron chi connectivity index (χ4n) is 1.67. The molecular weight excluding hydrogens is 276 g/mol. The highest BCUT2D eigenvalue weighted by Gasteiger charge is 2.08. The molecule has 2 rings (SSSR count). The first kappa shape index (κ1) is 14.9. The second-order valence-electron chi connectivity index (χ2n) is 4.23. The van der Waals surface area contributed by atoms with Gasteiger partial charge in [0.2, 0.25) is 0 Å². The van der Waals surface area contributed by atoms with E-state index < -0.39 is 4.92 Å². The normalized spacial score (nSPS) is 9.45. The van der Waals surface area contributed by atoms with Crippen LogP contribution in [0.15, 0.2) is 60.7 Å². The molecule has 0 fully saturated rings. The summed E-state index contributed by atoms with van der Waals surface area (Å²) in [7, 11) is 0. The lowest BCUT2D eigenvalue weighted by Crippen LogP contribution is -1.90. The average Bonchev–Trinajstić information content (AvgIpc) is 2.52. The van der Waals surface area contributed by atoms with Crippen molar-refractivity contribution in [1.82, 2.24) is 0 Å². The number of nitrogens with two attached hydrogens (primary N) is 1. The Kier molecular flexibility index (Phi) is 4.96. The number of nitrogens with zero attached hydrogens (tertiary/aromatic N) is 1. The fraction of sp³-hybridized carbons (Fsp3) is 0. The molecule has 0 bridgehead atoms. The minimum atomic E-state index is -0.453. The van der Waals surface area contributed by atoms with Crippen LogP contribution in [0.4, 0.5) is 11.4 Å². The summed E-state index contributed by atoms with van der Waals surface area (Å²) in [6.45, 7) is 0. The predicted octanol–water partition coefficient (Wildman–Crippen LogP) is 3.14. The highest BCUT2D eigenvalue weighted by molar-refractivity contribution is 5.56. The van der Waals surface area contributed by atoms with Gasteiger partial charge in [0.05, 0.1) is 4.92 Å². The molecule has 106 valence electrons. The minimum absolute atomic E-state index is 0.00783. The fourth-order valence-corrected chi connectivity index (χ4v) is 1.67. The zero-order valence-electron chi connectivity index (χ0n) is 11.6. The summed E-state index contributed by atoms with van der Waals surface area (Å²) in [5, 5.41) is 10.8.